The monoisotopic (exact) mass is 2080 g/mol. The molecule has 32 heteroatoms. The van der Waals surface area contributed by atoms with Gasteiger partial charge in [-0.1, -0.05) is 157 Å². The molecule has 7 fully saturated rings. The van der Waals surface area contributed by atoms with Gasteiger partial charge in [-0.2, -0.15) is 0 Å². The fraction of sp³-hybridized carbons (Fsp3) is 0.904. The Balaban J connectivity index is 0.000000584. The SMILES string of the molecule is CC(=O)NCCCCCC(=O)CC(COCCC(=O)CCCCCC(=O)CCCCOC1OC(CO)C(O)C(O)C1C)(COCCC(=O)CCCCCC(=O)CCCCOC1OC(CO)C(O)C(O)C1C)COCCC(=O)NCCCNC(=O)CCCCOC1OC(CO)C(O)C(O)C1C.CCCCCCCC/C=C\CCCCCCCCNC(=O)O[C@@H]1CC[C@@]2(C)C(CCC3C2CC[C@@]2(C)C3CC[C@@H]2[C@H](C)CCC)C1. The summed E-state index contributed by atoms with van der Waals surface area (Å²) >= 11 is 0. The van der Waals surface area contributed by atoms with Crippen molar-refractivity contribution in [3.05, 3.63) is 12.2 Å². The standard InChI is InChI=1S/C71H125N3O26.C43H77NO2/c1-48-62(86)65(89)57(42-75)98-68(48)95-35-17-13-25-52(79)21-8-5-10-23-54(81)29-38-92-45-71(41-56(83)27-12-7-16-32-72-51(4)78,46-93-39-30-55(82)24-11-6-9-22-53(80)26-14-18-36-96-69-49(2)63(87)66(90)58(43-76)99-69)47-94-40-31-61(85)74-34-20-33-73-60(84)28-15-19-37-97-70-50(3)64(88)67(91)59(44-77)100-70;1-6-8-9-10-11-12-13-14-15-16-17-18-19-20-21-22-32-44-41(45)46-36-28-30-42(4)35(33-36)24-25-37-39-27-26-38(34(3)23-7-2)43(39,5)31-29-40(37)42/h48-50,57-59,62-70,75-77,86-91H,5-47H2,1-4H3,(H,72,78)(H,73,84)(H,74,85);14-15,34-40H,6-13,16-33H2,1-5H3,(H,44,45)/b;15-14-/t;34-,35?,36-,37?,38-,39?,40?,42+,43-/m.1/s1. The van der Waals surface area contributed by atoms with Crippen LogP contribution in [0.15, 0.2) is 12.2 Å². The Morgan fingerprint density at radius 3 is 1.23 bits per heavy atom. The Morgan fingerprint density at radius 1 is 0.390 bits per heavy atom. The molecule has 0 spiro atoms. The summed E-state index contributed by atoms with van der Waals surface area (Å²) in [4.78, 5) is 115. The number of ether oxygens (including phenoxy) is 10. The summed E-state index contributed by atoms with van der Waals surface area (Å²) in [6.07, 6.45) is 37.9. The summed E-state index contributed by atoms with van der Waals surface area (Å²) < 4.78 is 58.5. The predicted octanol–water partition coefficient (Wildman–Crippen LogP) is 15.6. The quantitative estimate of drug-likeness (QED) is 0.0199. The number of rotatable bonds is 80. The second kappa shape index (κ2) is 74.2. The number of fused-ring (bicyclic) bond motifs is 5. The molecule has 0 aromatic carbocycles. The molecule has 24 atom stereocenters. The molecule has 19 unspecified atom stereocenters. The molecule has 7 aliphatic rings. The van der Waals surface area contributed by atoms with Crippen molar-refractivity contribution in [2.75, 3.05) is 105 Å². The first-order chi connectivity index (χ1) is 70.3. The summed E-state index contributed by atoms with van der Waals surface area (Å²) in [7, 11) is 0. The van der Waals surface area contributed by atoms with Crippen molar-refractivity contribution in [1.82, 2.24) is 21.3 Å². The summed E-state index contributed by atoms with van der Waals surface area (Å²) in [5.74, 6) is 3.25. The minimum absolute atomic E-state index is 0.0237. The van der Waals surface area contributed by atoms with Gasteiger partial charge in [-0.15, -0.1) is 0 Å². The topological polar surface area (TPSA) is 476 Å². The zero-order chi connectivity index (χ0) is 107. The van der Waals surface area contributed by atoms with Crippen molar-refractivity contribution in [3.63, 3.8) is 0 Å². The van der Waals surface area contributed by atoms with Crippen LogP contribution < -0.4 is 21.3 Å². The molecule has 4 amide bonds. The largest absolute Gasteiger partial charge is 0.446 e. The van der Waals surface area contributed by atoms with Gasteiger partial charge in [-0.25, -0.2) is 4.79 Å². The van der Waals surface area contributed by atoms with Crippen LogP contribution in [0.3, 0.4) is 0 Å². The third kappa shape index (κ3) is 48.0. The van der Waals surface area contributed by atoms with Crippen molar-refractivity contribution < 1.29 is 136 Å². The minimum atomic E-state index is -1.22. The van der Waals surface area contributed by atoms with E-state index >= 15 is 0 Å². The van der Waals surface area contributed by atoms with Gasteiger partial charge in [-0.3, -0.25) is 38.4 Å². The summed E-state index contributed by atoms with van der Waals surface area (Å²) in [6, 6.07) is 0. The minimum Gasteiger partial charge on any atom is -0.446 e. The Kier molecular flexibility index (Phi) is 65.9. The number of aliphatic hydroxyl groups is 9. The van der Waals surface area contributed by atoms with Crippen LogP contribution in [0.4, 0.5) is 4.79 Å². The van der Waals surface area contributed by atoms with Gasteiger partial charge in [0.2, 0.25) is 17.7 Å². The van der Waals surface area contributed by atoms with Gasteiger partial charge >= 0.3 is 6.09 Å². The second-order valence-electron chi connectivity index (χ2n) is 44.7. The van der Waals surface area contributed by atoms with Crippen molar-refractivity contribution in [2.24, 2.45) is 69.5 Å². The molecule has 4 saturated carbocycles. The number of nitrogens with one attached hydrogen (secondary N) is 4. The summed E-state index contributed by atoms with van der Waals surface area (Å²) in [6.45, 7) is 20.2. The third-order valence-corrected chi connectivity index (χ3v) is 32.9. The third-order valence-electron chi connectivity index (χ3n) is 32.9. The van der Waals surface area contributed by atoms with Gasteiger partial charge in [0.1, 0.15) is 71.6 Å². The first kappa shape index (κ1) is 130. The fourth-order valence-corrected chi connectivity index (χ4v) is 23.7. The van der Waals surface area contributed by atoms with E-state index in [1.165, 1.54) is 148 Å². The smallest absolute Gasteiger partial charge is 0.407 e. The number of aliphatic hydroxyl groups excluding tert-OH is 9. The maximum absolute atomic E-state index is 13.8. The van der Waals surface area contributed by atoms with E-state index in [0.717, 1.165) is 61.3 Å². The zero-order valence-corrected chi connectivity index (χ0v) is 91.4. The molecule has 3 aliphatic heterocycles. The van der Waals surface area contributed by atoms with Gasteiger partial charge in [0.05, 0.1) is 77.8 Å². The first-order valence-corrected chi connectivity index (χ1v) is 57.7. The molecule has 13 N–H and O–H groups in total. The van der Waals surface area contributed by atoms with Gasteiger partial charge in [0, 0.05) is 153 Å². The Labute approximate surface area is 875 Å². The van der Waals surface area contributed by atoms with E-state index in [9.17, 15) is 89.1 Å². The second-order valence-corrected chi connectivity index (χ2v) is 44.7. The number of amides is 4. The van der Waals surface area contributed by atoms with Crippen molar-refractivity contribution in [2.45, 2.75) is 483 Å². The van der Waals surface area contributed by atoms with Crippen molar-refractivity contribution in [1.29, 1.82) is 0 Å². The number of unbranched alkanes of at least 4 members (excludes halogenated alkanes) is 21. The van der Waals surface area contributed by atoms with Crippen LogP contribution >= 0.6 is 0 Å². The first-order valence-electron chi connectivity index (χ1n) is 57.7. The molecule has 146 heavy (non-hydrogen) atoms. The number of hydrogen-bond donors (Lipinski definition) is 13. The maximum atomic E-state index is 13.8. The maximum Gasteiger partial charge on any atom is 0.407 e. The number of carbonyl (C=O) groups excluding carboxylic acids is 9. The van der Waals surface area contributed by atoms with E-state index in [1.807, 2.05) is 0 Å². The number of hydrogen-bond acceptors (Lipinski definition) is 28. The molecule has 0 bridgehead atoms. The Bertz CT molecular complexity index is 3400. The number of carbonyl (C=O) groups is 9. The average molecular weight is 2080 g/mol. The molecular formula is C114H202N4O28. The van der Waals surface area contributed by atoms with Crippen LogP contribution in [-0.4, -0.2) is 284 Å². The lowest BCUT2D eigenvalue weighted by molar-refractivity contribution is -0.282. The zero-order valence-electron chi connectivity index (χ0n) is 91.4. The Hall–Kier alpha value is -4.95. The molecule has 4 aliphatic carbocycles. The van der Waals surface area contributed by atoms with Crippen LogP contribution in [0.25, 0.3) is 0 Å². The van der Waals surface area contributed by atoms with Gasteiger partial charge in [-0.05, 0) is 220 Å². The van der Waals surface area contributed by atoms with E-state index in [1.54, 1.807) is 20.8 Å². The number of allylic oxidation sites excluding steroid dienone is 2. The average Bonchev–Trinajstić information content (AvgIpc) is 1.48. The van der Waals surface area contributed by atoms with E-state index in [-0.39, 0.29) is 176 Å². The fourth-order valence-electron chi connectivity index (χ4n) is 23.7. The van der Waals surface area contributed by atoms with Gasteiger partial charge in [0.15, 0.2) is 18.9 Å². The van der Waals surface area contributed by atoms with E-state index in [0.29, 0.717) is 152 Å². The Morgan fingerprint density at radius 2 is 0.774 bits per heavy atom. The van der Waals surface area contributed by atoms with Crippen LogP contribution in [0.1, 0.15) is 403 Å². The van der Waals surface area contributed by atoms with Crippen molar-refractivity contribution in [3.8, 4) is 0 Å². The highest BCUT2D eigenvalue weighted by atomic mass is 16.7. The van der Waals surface area contributed by atoms with Crippen LogP contribution in [0, 0.1) is 69.5 Å². The molecule has 3 saturated heterocycles. The van der Waals surface area contributed by atoms with Crippen LogP contribution in [0.2, 0.25) is 0 Å². The molecule has 0 aromatic rings. The van der Waals surface area contributed by atoms with Gasteiger partial charge < -0.3 is 115 Å². The number of Topliss-reactive ketones (excluding diaryl/α,β-unsaturated/α-hetero) is 5. The van der Waals surface area contributed by atoms with E-state index < -0.39 is 117 Å². The molecule has 7 rings (SSSR count). The van der Waals surface area contributed by atoms with E-state index in [4.69, 9.17) is 47.4 Å². The molecule has 3 heterocycles. The van der Waals surface area contributed by atoms with Crippen LogP contribution in [0.5, 0.6) is 0 Å². The normalized spacial score (nSPS) is 28.7. The predicted molar refractivity (Wildman–Crippen MR) is 560 cm³/mol. The van der Waals surface area contributed by atoms with E-state index in [2.05, 4.69) is 68.0 Å². The lowest BCUT2D eigenvalue weighted by atomic mass is 9.44. The lowest BCUT2D eigenvalue weighted by Crippen LogP contribution is -2.55. The summed E-state index contributed by atoms with van der Waals surface area (Å²) in [5, 5.41) is 101. The molecule has 846 valence electrons. The highest BCUT2D eigenvalue weighted by Gasteiger charge is 2.61. The molecule has 32 nitrogen and oxygen atoms in total. The van der Waals surface area contributed by atoms with Crippen molar-refractivity contribution >= 4 is 52.7 Å². The summed E-state index contributed by atoms with van der Waals surface area (Å²) in [5.41, 5.74) is -0.0414. The molecule has 0 radical (unpaired) electrons. The number of alkyl carbamates (subject to hydrolysis) is 1. The lowest BCUT2D eigenvalue weighted by Gasteiger charge is -2.61. The van der Waals surface area contributed by atoms with Gasteiger partial charge in [0.25, 0.3) is 0 Å². The number of ketones is 5. The highest BCUT2D eigenvalue weighted by molar-refractivity contribution is 5.81. The molecule has 0 aromatic heterocycles. The highest BCUT2D eigenvalue weighted by Crippen LogP contribution is 2.69. The van der Waals surface area contributed by atoms with Crippen LogP contribution in [-0.2, 0) is 85.7 Å². The molecular weight excluding hydrogens is 1870 g/mol.